The van der Waals surface area contributed by atoms with Crippen molar-refractivity contribution in [1.29, 1.82) is 0 Å². The molecule has 0 spiro atoms. The van der Waals surface area contributed by atoms with E-state index in [2.05, 4.69) is 20.9 Å². The molecule has 214 valence electrons. The summed E-state index contributed by atoms with van der Waals surface area (Å²) in [6.07, 6.45) is 2.12. The third-order valence-corrected chi connectivity index (χ3v) is 6.64. The second kappa shape index (κ2) is 15.1. The molecule has 0 aliphatic carbocycles. The summed E-state index contributed by atoms with van der Waals surface area (Å²) in [4.78, 5) is 63.6. The molecule has 13 heteroatoms. The second-order valence-electron chi connectivity index (χ2n) is 9.94. The number of aryl methyl sites for hydroxylation is 1. The molecule has 1 heterocycles. The summed E-state index contributed by atoms with van der Waals surface area (Å²) in [5.74, 6) is -5.30. The van der Waals surface area contributed by atoms with Crippen molar-refractivity contribution in [2.75, 3.05) is 0 Å². The first-order chi connectivity index (χ1) is 17.7. The van der Waals surface area contributed by atoms with E-state index in [-0.39, 0.29) is 31.2 Å². The molecule has 13 nitrogen and oxygen atoms in total. The lowest BCUT2D eigenvalue weighted by Crippen LogP contribution is -2.57. The van der Waals surface area contributed by atoms with Gasteiger partial charge in [0.25, 0.3) is 0 Å². The number of hydrogen-bond acceptors (Lipinski definition) is 7. The van der Waals surface area contributed by atoms with Crippen LogP contribution in [0.2, 0.25) is 0 Å². The van der Waals surface area contributed by atoms with Gasteiger partial charge in [-0.15, -0.1) is 0 Å². The second-order valence-corrected chi connectivity index (χ2v) is 9.94. The van der Waals surface area contributed by atoms with E-state index in [1.165, 1.54) is 6.92 Å². The van der Waals surface area contributed by atoms with E-state index >= 15 is 0 Å². The molecule has 1 aromatic heterocycles. The topological polar surface area (TPSA) is 200 Å². The summed E-state index contributed by atoms with van der Waals surface area (Å²) < 4.78 is 1.77. The van der Waals surface area contributed by atoms with Crippen LogP contribution < -0.4 is 16.0 Å². The number of aliphatic carboxylic acids is 3. The monoisotopic (exact) mass is 539 g/mol. The summed E-state index contributed by atoms with van der Waals surface area (Å²) in [5, 5.41) is 35.7. The average Bonchev–Trinajstić information content (AvgIpc) is 3.18. The van der Waals surface area contributed by atoms with Crippen molar-refractivity contribution in [2.24, 2.45) is 24.8 Å². The van der Waals surface area contributed by atoms with Gasteiger partial charge in [0, 0.05) is 26.2 Å². The Kier molecular flexibility index (Phi) is 12.9. The number of nitrogens with one attached hydrogen (secondary N) is 3. The van der Waals surface area contributed by atoms with Crippen LogP contribution in [0, 0.1) is 17.8 Å². The lowest BCUT2D eigenvalue weighted by Gasteiger charge is -2.28. The number of carboxylic acid groups (broad SMARTS) is 3. The van der Waals surface area contributed by atoms with Gasteiger partial charge in [-0.3, -0.25) is 29.3 Å². The Labute approximate surface area is 222 Å². The number of amides is 2. The van der Waals surface area contributed by atoms with Crippen LogP contribution in [0.4, 0.5) is 0 Å². The van der Waals surface area contributed by atoms with E-state index in [1.807, 2.05) is 20.8 Å². The van der Waals surface area contributed by atoms with Crippen molar-refractivity contribution < 1.29 is 39.3 Å². The smallest absolute Gasteiger partial charge is 0.325 e. The highest BCUT2D eigenvalue weighted by Gasteiger charge is 2.31. The van der Waals surface area contributed by atoms with Crippen LogP contribution in [0.1, 0.15) is 65.4 Å². The van der Waals surface area contributed by atoms with Crippen molar-refractivity contribution in [3.05, 3.63) is 17.7 Å². The van der Waals surface area contributed by atoms with Crippen LogP contribution in [0.25, 0.3) is 0 Å². The first kappa shape index (κ1) is 32.5. The molecule has 5 atom stereocenters. The Balaban J connectivity index is 2.90. The predicted octanol–water partition coefficient (Wildman–Crippen LogP) is 0.763. The van der Waals surface area contributed by atoms with Gasteiger partial charge >= 0.3 is 17.9 Å². The maximum absolute atomic E-state index is 13.2. The Bertz CT molecular complexity index is 992. The van der Waals surface area contributed by atoms with E-state index in [0.29, 0.717) is 12.2 Å². The van der Waals surface area contributed by atoms with Crippen LogP contribution in [-0.4, -0.2) is 72.7 Å². The first-order valence-corrected chi connectivity index (χ1v) is 12.7. The van der Waals surface area contributed by atoms with Crippen LogP contribution >= 0.6 is 0 Å². The molecule has 2 unspecified atom stereocenters. The average molecular weight is 540 g/mol. The zero-order chi connectivity index (χ0) is 29.2. The van der Waals surface area contributed by atoms with Crippen molar-refractivity contribution in [3.63, 3.8) is 0 Å². The Morgan fingerprint density at radius 3 is 2.05 bits per heavy atom. The molecule has 6 N–H and O–H groups in total. The van der Waals surface area contributed by atoms with Crippen LogP contribution in [0.3, 0.4) is 0 Å². The number of carboxylic acids is 3. The molecule has 0 bridgehead atoms. The summed E-state index contributed by atoms with van der Waals surface area (Å²) >= 11 is 0. The van der Waals surface area contributed by atoms with E-state index in [0.717, 1.165) is 5.69 Å². The van der Waals surface area contributed by atoms with Crippen LogP contribution in [0.5, 0.6) is 0 Å². The highest BCUT2D eigenvalue weighted by atomic mass is 16.4. The van der Waals surface area contributed by atoms with Gasteiger partial charge in [-0.05, 0) is 25.2 Å². The lowest BCUT2D eigenvalue weighted by atomic mass is 9.96. The summed E-state index contributed by atoms with van der Waals surface area (Å²) in [6, 6.07) is -2.68. The number of carbonyl (C=O) groups is 5. The molecule has 38 heavy (non-hydrogen) atoms. The fourth-order valence-electron chi connectivity index (χ4n) is 3.87. The Morgan fingerprint density at radius 1 is 0.947 bits per heavy atom. The third-order valence-electron chi connectivity index (χ3n) is 6.64. The van der Waals surface area contributed by atoms with E-state index in [9.17, 15) is 29.1 Å². The van der Waals surface area contributed by atoms with E-state index in [1.54, 1.807) is 24.7 Å². The Morgan fingerprint density at radius 2 is 1.55 bits per heavy atom. The minimum atomic E-state index is -1.18. The lowest BCUT2D eigenvalue weighted by molar-refractivity contribution is -0.148. The van der Waals surface area contributed by atoms with Crippen molar-refractivity contribution in [1.82, 2.24) is 25.5 Å². The summed E-state index contributed by atoms with van der Waals surface area (Å²) in [7, 11) is 1.75. The van der Waals surface area contributed by atoms with Crippen LogP contribution in [0.15, 0.2) is 6.20 Å². The van der Waals surface area contributed by atoms with Crippen LogP contribution in [-0.2, 0) is 44.0 Å². The highest BCUT2D eigenvalue weighted by Crippen LogP contribution is 2.15. The first-order valence-electron chi connectivity index (χ1n) is 12.7. The van der Waals surface area contributed by atoms with E-state index < -0.39 is 60.2 Å². The maximum atomic E-state index is 13.2. The van der Waals surface area contributed by atoms with Gasteiger partial charge in [0.1, 0.15) is 17.9 Å². The van der Waals surface area contributed by atoms with Gasteiger partial charge in [0.15, 0.2) is 0 Å². The number of rotatable bonds is 17. The fourth-order valence-corrected chi connectivity index (χ4v) is 3.87. The largest absolute Gasteiger partial charge is 0.481 e. The molecule has 0 fully saturated rings. The van der Waals surface area contributed by atoms with Crippen molar-refractivity contribution in [2.45, 2.75) is 85.0 Å². The maximum Gasteiger partial charge on any atom is 0.325 e. The molecule has 0 saturated heterocycles. The molecule has 0 aliphatic heterocycles. The molecule has 0 aromatic carbocycles. The fraction of sp³-hybridized carbons (Fsp3) is 0.680. The number of aromatic nitrogens is 2. The van der Waals surface area contributed by atoms with Gasteiger partial charge in [0.05, 0.1) is 24.1 Å². The summed E-state index contributed by atoms with van der Waals surface area (Å²) in [5.41, 5.74) is 0.732. The van der Waals surface area contributed by atoms with Gasteiger partial charge in [0.2, 0.25) is 11.8 Å². The van der Waals surface area contributed by atoms with E-state index in [4.69, 9.17) is 10.2 Å². The zero-order valence-corrected chi connectivity index (χ0v) is 22.9. The minimum absolute atomic E-state index is 0.121. The number of carbonyl (C=O) groups excluding carboxylic acids is 2. The van der Waals surface area contributed by atoms with Gasteiger partial charge in [-0.25, -0.2) is 4.98 Å². The number of hydrogen-bond donors (Lipinski definition) is 6. The SMILES string of the molecule is CCC(C)[C@H](NC(=O)[C@@H](NCc1cnc(CCC(CC(=O)O)C(=O)O)n1C)C(C)C)C(=O)N[C@@H](C)C(=O)O. The normalized spacial score (nSPS) is 15.2. The number of nitrogens with zero attached hydrogens (tertiary/aromatic N) is 2. The summed E-state index contributed by atoms with van der Waals surface area (Å²) in [6.45, 7) is 8.99. The molecule has 0 saturated carbocycles. The minimum Gasteiger partial charge on any atom is -0.481 e. The van der Waals surface area contributed by atoms with Crippen molar-refractivity contribution >= 4 is 29.7 Å². The number of imidazole rings is 1. The molecule has 1 aromatic rings. The molecular weight excluding hydrogens is 498 g/mol. The quantitative estimate of drug-likeness (QED) is 0.164. The molecular formula is C25H41N5O8. The third kappa shape index (κ3) is 9.77. The molecule has 0 radical (unpaired) electrons. The van der Waals surface area contributed by atoms with Gasteiger partial charge in [-0.2, -0.15) is 0 Å². The zero-order valence-electron chi connectivity index (χ0n) is 22.9. The predicted molar refractivity (Wildman–Crippen MR) is 137 cm³/mol. The van der Waals surface area contributed by atoms with Gasteiger partial charge < -0.3 is 30.5 Å². The molecule has 0 aliphatic rings. The van der Waals surface area contributed by atoms with Gasteiger partial charge in [-0.1, -0.05) is 34.1 Å². The Hall–Kier alpha value is -3.48. The highest BCUT2D eigenvalue weighted by molar-refractivity contribution is 5.92. The standard InChI is InChI=1S/C25H41N5O8/c1-7-14(4)21(23(34)28-15(5)24(35)36)29-22(33)20(13(2)3)27-12-17-11-26-18(30(17)6)9-8-16(25(37)38)10-19(31)32/h11,13-16,20-21,27H,7-10,12H2,1-6H3,(H,28,34)(H,29,33)(H,31,32)(H,35,36)(H,37,38)/t14?,15-,16?,20-,21-/m0/s1. The van der Waals surface area contributed by atoms with Crippen molar-refractivity contribution in [3.8, 4) is 0 Å². The molecule has 1 rings (SSSR count). The molecule has 2 amide bonds.